The fraction of sp³-hybridized carbons (Fsp3) is 0.250. The lowest BCUT2D eigenvalue weighted by Crippen LogP contribution is -1.93. The van der Waals surface area contributed by atoms with Crippen molar-refractivity contribution in [3.05, 3.63) is 47.2 Å². The normalized spacial score (nSPS) is 11.6. The van der Waals surface area contributed by atoms with Gasteiger partial charge in [0.05, 0.1) is 11.2 Å². The summed E-state index contributed by atoms with van der Waals surface area (Å²) in [7, 11) is 0. The molecular weight excluding hydrogens is 238 g/mol. The predicted octanol–water partition coefficient (Wildman–Crippen LogP) is 3.76. The maximum Gasteiger partial charge on any atom is 0.328 e. The molecule has 0 saturated heterocycles. The second kappa shape index (κ2) is 5.22. The van der Waals surface area contributed by atoms with Crippen LogP contribution in [-0.2, 0) is 4.79 Å². The predicted molar refractivity (Wildman–Crippen MR) is 77.2 cm³/mol. The number of aromatic nitrogens is 1. The first-order chi connectivity index (χ1) is 8.97. The minimum absolute atomic E-state index is 0.482. The third-order valence-corrected chi connectivity index (χ3v) is 3.12. The molecule has 0 aliphatic heterocycles. The highest BCUT2D eigenvalue weighted by molar-refractivity contribution is 5.87. The van der Waals surface area contributed by atoms with Gasteiger partial charge in [0, 0.05) is 11.5 Å². The van der Waals surface area contributed by atoms with E-state index in [9.17, 15) is 4.79 Å². The number of fused-ring (bicyclic) bond motifs is 1. The molecule has 1 aromatic carbocycles. The van der Waals surface area contributed by atoms with Gasteiger partial charge in [-0.3, -0.25) is 0 Å². The van der Waals surface area contributed by atoms with Gasteiger partial charge in [0.1, 0.15) is 0 Å². The maximum absolute atomic E-state index is 10.5. The summed E-state index contributed by atoms with van der Waals surface area (Å²) in [5, 5.41) is 9.76. The molecule has 3 heteroatoms. The van der Waals surface area contributed by atoms with Gasteiger partial charge in [-0.1, -0.05) is 19.9 Å². The Balaban J connectivity index is 2.53. The van der Waals surface area contributed by atoms with Crippen LogP contribution >= 0.6 is 0 Å². The molecule has 0 saturated carbocycles. The van der Waals surface area contributed by atoms with Gasteiger partial charge in [-0.25, -0.2) is 9.78 Å². The van der Waals surface area contributed by atoms with Crippen molar-refractivity contribution in [2.75, 3.05) is 0 Å². The molecule has 3 nitrogen and oxygen atoms in total. The van der Waals surface area contributed by atoms with E-state index in [4.69, 9.17) is 5.11 Å². The number of aryl methyl sites for hydroxylation is 1. The van der Waals surface area contributed by atoms with Gasteiger partial charge >= 0.3 is 5.97 Å². The molecule has 0 radical (unpaired) electrons. The smallest absolute Gasteiger partial charge is 0.328 e. The fourth-order valence-electron chi connectivity index (χ4n) is 2.04. The molecule has 2 aromatic rings. The van der Waals surface area contributed by atoms with Gasteiger partial charge < -0.3 is 5.11 Å². The van der Waals surface area contributed by atoms with Crippen LogP contribution in [0.15, 0.2) is 30.3 Å². The first-order valence-corrected chi connectivity index (χ1v) is 6.29. The van der Waals surface area contributed by atoms with E-state index < -0.39 is 5.97 Å². The number of benzene rings is 1. The van der Waals surface area contributed by atoms with E-state index in [-0.39, 0.29) is 0 Å². The van der Waals surface area contributed by atoms with Crippen LogP contribution in [-0.4, -0.2) is 16.1 Å². The van der Waals surface area contributed by atoms with Gasteiger partial charge in [0.25, 0.3) is 0 Å². The highest BCUT2D eigenvalue weighted by Gasteiger charge is 2.05. The van der Waals surface area contributed by atoms with Crippen molar-refractivity contribution in [3.63, 3.8) is 0 Å². The van der Waals surface area contributed by atoms with Gasteiger partial charge in [-0.15, -0.1) is 0 Å². The van der Waals surface area contributed by atoms with Crippen molar-refractivity contribution in [1.29, 1.82) is 0 Å². The summed E-state index contributed by atoms with van der Waals surface area (Å²) in [5.41, 5.74) is 3.96. The van der Waals surface area contributed by atoms with Crippen LogP contribution < -0.4 is 0 Å². The SMILES string of the molecule is Cc1cc(/C=C/C(=O)O)nc2ccc(C(C)C)cc12. The third-order valence-electron chi connectivity index (χ3n) is 3.12. The molecule has 1 heterocycles. The summed E-state index contributed by atoms with van der Waals surface area (Å²) in [6, 6.07) is 8.14. The molecule has 1 N–H and O–H groups in total. The molecule has 0 bridgehead atoms. The van der Waals surface area contributed by atoms with Crippen molar-refractivity contribution in [1.82, 2.24) is 4.98 Å². The lowest BCUT2D eigenvalue weighted by molar-refractivity contribution is -0.131. The Labute approximate surface area is 112 Å². The van der Waals surface area contributed by atoms with Crippen LogP contribution in [0, 0.1) is 6.92 Å². The second-order valence-corrected chi connectivity index (χ2v) is 4.97. The van der Waals surface area contributed by atoms with E-state index >= 15 is 0 Å². The van der Waals surface area contributed by atoms with Crippen LogP contribution in [0.1, 0.15) is 36.6 Å². The number of hydrogen-bond donors (Lipinski definition) is 1. The Morgan fingerprint density at radius 2 is 2.05 bits per heavy atom. The number of nitrogens with zero attached hydrogens (tertiary/aromatic N) is 1. The van der Waals surface area contributed by atoms with Crippen LogP contribution in [0.4, 0.5) is 0 Å². The molecule has 0 atom stereocenters. The number of pyridine rings is 1. The van der Waals surface area contributed by atoms with Crippen molar-refractivity contribution in [3.8, 4) is 0 Å². The minimum atomic E-state index is -0.963. The molecule has 1 aromatic heterocycles. The largest absolute Gasteiger partial charge is 0.478 e. The van der Waals surface area contributed by atoms with E-state index in [1.165, 1.54) is 11.6 Å². The summed E-state index contributed by atoms with van der Waals surface area (Å²) in [6.45, 7) is 6.34. The first kappa shape index (κ1) is 13.3. The molecule has 0 spiro atoms. The van der Waals surface area contributed by atoms with Gasteiger partial charge in [0.15, 0.2) is 0 Å². The van der Waals surface area contributed by atoms with E-state index in [0.29, 0.717) is 11.6 Å². The van der Waals surface area contributed by atoms with Crippen molar-refractivity contribution < 1.29 is 9.90 Å². The standard InChI is InChI=1S/C16H17NO2/c1-10(2)12-4-6-15-14(9-12)11(3)8-13(17-15)5-7-16(18)19/h4-10H,1-3H3,(H,18,19)/b7-5+. The summed E-state index contributed by atoms with van der Waals surface area (Å²) >= 11 is 0. The summed E-state index contributed by atoms with van der Waals surface area (Å²) in [5.74, 6) is -0.481. The van der Waals surface area contributed by atoms with Crippen molar-refractivity contribution in [2.24, 2.45) is 0 Å². The van der Waals surface area contributed by atoms with Crippen molar-refractivity contribution in [2.45, 2.75) is 26.7 Å². The Kier molecular flexibility index (Phi) is 3.65. The highest BCUT2D eigenvalue weighted by atomic mass is 16.4. The Morgan fingerprint density at radius 3 is 2.68 bits per heavy atom. The summed E-state index contributed by atoms with van der Waals surface area (Å²) < 4.78 is 0. The molecule has 0 unspecified atom stereocenters. The summed E-state index contributed by atoms with van der Waals surface area (Å²) in [6.07, 6.45) is 2.63. The van der Waals surface area contributed by atoms with Gasteiger partial charge in [-0.2, -0.15) is 0 Å². The van der Waals surface area contributed by atoms with Crippen molar-refractivity contribution >= 4 is 22.9 Å². The Bertz CT molecular complexity index is 657. The number of carboxylic acid groups (broad SMARTS) is 1. The molecule has 19 heavy (non-hydrogen) atoms. The van der Waals surface area contributed by atoms with E-state index in [1.54, 1.807) is 0 Å². The maximum atomic E-state index is 10.5. The zero-order valence-electron chi connectivity index (χ0n) is 11.3. The van der Waals surface area contributed by atoms with Crippen LogP contribution in [0.3, 0.4) is 0 Å². The van der Waals surface area contributed by atoms with E-state index in [2.05, 4.69) is 31.0 Å². The molecule has 0 aliphatic carbocycles. The number of carboxylic acids is 1. The van der Waals surface area contributed by atoms with E-state index in [0.717, 1.165) is 22.5 Å². The molecular formula is C16H17NO2. The lowest BCUT2D eigenvalue weighted by Gasteiger charge is -2.09. The number of aliphatic carboxylic acids is 1. The average Bonchev–Trinajstić information content (AvgIpc) is 2.36. The summed E-state index contributed by atoms with van der Waals surface area (Å²) in [4.78, 5) is 15.0. The second-order valence-electron chi connectivity index (χ2n) is 4.97. The molecule has 98 valence electrons. The fourth-order valence-corrected chi connectivity index (χ4v) is 2.04. The number of carbonyl (C=O) groups is 1. The zero-order chi connectivity index (χ0) is 14.0. The number of rotatable bonds is 3. The Morgan fingerprint density at radius 1 is 1.32 bits per heavy atom. The minimum Gasteiger partial charge on any atom is -0.478 e. The highest BCUT2D eigenvalue weighted by Crippen LogP contribution is 2.23. The van der Waals surface area contributed by atoms with Crippen LogP contribution in [0.2, 0.25) is 0 Å². The third kappa shape index (κ3) is 2.99. The molecule has 0 fully saturated rings. The molecule has 2 rings (SSSR count). The quantitative estimate of drug-likeness (QED) is 0.849. The molecule has 0 amide bonds. The average molecular weight is 255 g/mol. The van der Waals surface area contributed by atoms with Crippen LogP contribution in [0.25, 0.3) is 17.0 Å². The molecule has 0 aliphatic rings. The van der Waals surface area contributed by atoms with Gasteiger partial charge in [0.2, 0.25) is 0 Å². The first-order valence-electron chi connectivity index (χ1n) is 6.29. The monoisotopic (exact) mass is 255 g/mol. The van der Waals surface area contributed by atoms with Crippen LogP contribution in [0.5, 0.6) is 0 Å². The van der Waals surface area contributed by atoms with E-state index in [1.807, 2.05) is 19.1 Å². The zero-order valence-corrected chi connectivity index (χ0v) is 11.3. The lowest BCUT2D eigenvalue weighted by atomic mass is 9.99. The topological polar surface area (TPSA) is 50.2 Å². The van der Waals surface area contributed by atoms with Gasteiger partial charge in [-0.05, 0) is 48.2 Å². The number of hydrogen-bond acceptors (Lipinski definition) is 2. The Hall–Kier alpha value is -2.16.